The van der Waals surface area contributed by atoms with E-state index >= 15 is 0 Å². The summed E-state index contributed by atoms with van der Waals surface area (Å²) < 4.78 is 112. The molecule has 0 radical (unpaired) electrons. The predicted molar refractivity (Wildman–Crippen MR) is 131 cm³/mol. The first-order valence-electron chi connectivity index (χ1n) is 12.8. The molecule has 17 heteroatoms. The van der Waals surface area contributed by atoms with Crippen LogP contribution in [0.15, 0.2) is 0 Å². The number of esters is 1. The first-order valence-corrected chi connectivity index (χ1v) is 12.8. The molecule has 1 aromatic rings. The Balaban J connectivity index is 1.82. The van der Waals surface area contributed by atoms with Crippen molar-refractivity contribution in [1.29, 1.82) is 0 Å². The van der Waals surface area contributed by atoms with Crippen LogP contribution in [-0.4, -0.2) is 123 Å². The highest BCUT2D eigenvalue weighted by Gasteiger charge is 2.28. The van der Waals surface area contributed by atoms with Gasteiger partial charge in [-0.15, -0.1) is 0 Å². The topological polar surface area (TPSA) is 137 Å². The van der Waals surface area contributed by atoms with Gasteiger partial charge in [-0.2, -0.15) is 8.78 Å². The van der Waals surface area contributed by atoms with E-state index in [0.717, 1.165) is 0 Å². The Bertz CT molecular complexity index is 880. The predicted octanol–water partition coefficient (Wildman–Crippen LogP) is 1.90. The quantitative estimate of drug-likeness (QED) is 0.0383. The lowest BCUT2D eigenvalue weighted by molar-refractivity contribution is -0.142. The van der Waals surface area contributed by atoms with Gasteiger partial charge in [0.1, 0.15) is 6.61 Å². The van der Waals surface area contributed by atoms with Gasteiger partial charge in [-0.25, -0.2) is 18.0 Å². The lowest BCUT2D eigenvalue weighted by Gasteiger charge is -2.09. The number of hydrogen-bond acceptors (Lipinski definition) is 11. The largest absolute Gasteiger partial charge is 0.480 e. The maximum Gasteiger partial charge on any atom is 0.329 e. The highest BCUT2D eigenvalue weighted by atomic mass is 19.2. The number of rotatable bonds is 27. The molecule has 1 N–H and O–H groups in total. The van der Waals surface area contributed by atoms with Crippen molar-refractivity contribution in [2.75, 3.05) is 106 Å². The van der Waals surface area contributed by atoms with Crippen LogP contribution in [0.3, 0.4) is 0 Å². The van der Waals surface area contributed by atoms with E-state index in [2.05, 4.69) is 4.74 Å². The summed E-state index contributed by atoms with van der Waals surface area (Å²) in [6, 6.07) is 0. The summed E-state index contributed by atoms with van der Waals surface area (Å²) in [5, 5.41) is 8.39. The molecular formula is C25H35F5O12. The summed E-state index contributed by atoms with van der Waals surface area (Å²) in [6.45, 7) is 3.69. The molecule has 1 aromatic carbocycles. The molecule has 0 aliphatic carbocycles. The summed E-state index contributed by atoms with van der Waals surface area (Å²) in [4.78, 5) is 21.8. The van der Waals surface area contributed by atoms with Gasteiger partial charge in [0.25, 0.3) is 0 Å². The Kier molecular flexibility index (Phi) is 21.4. The van der Waals surface area contributed by atoms with Gasteiger partial charge in [0.15, 0.2) is 0 Å². The molecule has 0 saturated carbocycles. The molecule has 242 valence electrons. The smallest absolute Gasteiger partial charge is 0.329 e. The van der Waals surface area contributed by atoms with Gasteiger partial charge in [0.2, 0.25) is 34.8 Å². The van der Waals surface area contributed by atoms with E-state index in [1.165, 1.54) is 0 Å². The summed E-state index contributed by atoms with van der Waals surface area (Å²) >= 11 is 0. The van der Waals surface area contributed by atoms with Crippen molar-refractivity contribution in [3.05, 3.63) is 29.1 Å². The summed E-state index contributed by atoms with van der Waals surface area (Å²) in [5.74, 6) is -15.2. The zero-order valence-corrected chi connectivity index (χ0v) is 22.8. The molecule has 0 aliphatic heterocycles. The average molecular weight is 623 g/mol. The number of carbonyl (C=O) groups excluding carboxylic acids is 1. The van der Waals surface area contributed by atoms with Crippen LogP contribution in [0.25, 0.3) is 0 Å². The van der Waals surface area contributed by atoms with Gasteiger partial charge >= 0.3 is 11.9 Å². The third-order valence-electron chi connectivity index (χ3n) is 4.67. The Morgan fingerprint density at radius 3 is 1.07 bits per heavy atom. The lowest BCUT2D eigenvalue weighted by atomic mass is 10.2. The molecule has 12 nitrogen and oxygen atoms in total. The maximum atomic E-state index is 13.5. The molecule has 0 amide bonds. The Labute approximate surface area is 238 Å². The second-order valence-corrected chi connectivity index (χ2v) is 7.86. The van der Waals surface area contributed by atoms with E-state index in [-0.39, 0.29) is 46.2 Å². The number of halogens is 5. The minimum Gasteiger partial charge on any atom is -0.480 e. The number of carboxylic acid groups (broad SMARTS) is 1. The SMILES string of the molecule is O=C(O)COCCOCCOCCOCCOCCOCCOCCOCCC(=O)Oc1c(F)c(F)c(F)c(F)c1F. The number of hydrogen-bond donors (Lipinski definition) is 1. The first kappa shape index (κ1) is 37.5. The molecule has 0 atom stereocenters. The molecule has 0 fully saturated rings. The monoisotopic (exact) mass is 622 g/mol. The van der Waals surface area contributed by atoms with Crippen molar-refractivity contribution in [3.8, 4) is 5.75 Å². The molecule has 0 aliphatic rings. The number of benzene rings is 1. The van der Waals surface area contributed by atoms with Crippen LogP contribution < -0.4 is 4.74 Å². The van der Waals surface area contributed by atoms with Crippen molar-refractivity contribution in [3.63, 3.8) is 0 Å². The highest BCUT2D eigenvalue weighted by molar-refractivity contribution is 5.72. The molecule has 0 aromatic heterocycles. The Morgan fingerprint density at radius 2 is 0.738 bits per heavy atom. The number of aliphatic carboxylic acids is 1. The number of ether oxygens (including phenoxy) is 9. The molecule has 0 spiro atoms. The van der Waals surface area contributed by atoms with Gasteiger partial charge in [0, 0.05) is 0 Å². The van der Waals surface area contributed by atoms with Gasteiger partial charge in [0.05, 0.1) is 106 Å². The third kappa shape index (κ3) is 17.4. The fraction of sp³-hybridized carbons (Fsp3) is 0.680. The molecule has 0 unspecified atom stereocenters. The van der Waals surface area contributed by atoms with Crippen LogP contribution in [0.5, 0.6) is 5.75 Å². The minimum absolute atomic E-state index is 0.0728. The Morgan fingerprint density at radius 1 is 0.452 bits per heavy atom. The van der Waals surface area contributed by atoms with E-state index in [4.69, 9.17) is 43.0 Å². The third-order valence-corrected chi connectivity index (χ3v) is 4.67. The van der Waals surface area contributed by atoms with Crippen LogP contribution in [0.4, 0.5) is 22.0 Å². The van der Waals surface area contributed by atoms with E-state index < -0.39 is 53.2 Å². The normalized spacial score (nSPS) is 11.3. The van der Waals surface area contributed by atoms with E-state index in [1.807, 2.05) is 0 Å². The van der Waals surface area contributed by atoms with Gasteiger partial charge < -0.3 is 47.7 Å². The summed E-state index contributed by atoms with van der Waals surface area (Å²) in [6.07, 6.45) is -0.493. The van der Waals surface area contributed by atoms with Crippen molar-refractivity contribution in [2.24, 2.45) is 0 Å². The second-order valence-electron chi connectivity index (χ2n) is 7.86. The zero-order valence-electron chi connectivity index (χ0n) is 22.8. The maximum absolute atomic E-state index is 13.5. The van der Waals surface area contributed by atoms with Gasteiger partial charge in [-0.1, -0.05) is 0 Å². The standard InChI is InChI=1S/C25H35F5O12/c26-20-21(27)23(29)25(24(30)22(20)28)42-19(33)1-2-34-3-4-35-5-6-36-7-8-37-9-10-38-11-12-39-13-14-40-15-16-41-17-18(31)32/h1-17H2,(H,31,32). The van der Waals surface area contributed by atoms with Crippen molar-refractivity contribution < 1.29 is 79.3 Å². The van der Waals surface area contributed by atoms with Crippen LogP contribution >= 0.6 is 0 Å². The summed E-state index contributed by atoms with van der Waals surface area (Å²) in [5.41, 5.74) is 0. The summed E-state index contributed by atoms with van der Waals surface area (Å²) in [7, 11) is 0. The van der Waals surface area contributed by atoms with Crippen molar-refractivity contribution in [2.45, 2.75) is 6.42 Å². The molecule has 42 heavy (non-hydrogen) atoms. The van der Waals surface area contributed by atoms with Crippen LogP contribution in [0.2, 0.25) is 0 Å². The first-order chi connectivity index (χ1) is 20.3. The Hall–Kier alpha value is -2.51. The number of carbonyl (C=O) groups is 2. The fourth-order valence-electron chi connectivity index (χ4n) is 2.69. The second kappa shape index (κ2) is 24.0. The lowest BCUT2D eigenvalue weighted by Crippen LogP contribution is -2.16. The van der Waals surface area contributed by atoms with Crippen molar-refractivity contribution >= 4 is 11.9 Å². The molecule has 1 rings (SSSR count). The number of carboxylic acids is 1. The molecule has 0 heterocycles. The van der Waals surface area contributed by atoms with E-state index in [1.54, 1.807) is 0 Å². The fourth-order valence-corrected chi connectivity index (χ4v) is 2.69. The average Bonchev–Trinajstić information content (AvgIpc) is 2.97. The van der Waals surface area contributed by atoms with Gasteiger partial charge in [-0.3, -0.25) is 4.79 Å². The van der Waals surface area contributed by atoms with Crippen LogP contribution in [0, 0.1) is 29.1 Å². The molecule has 0 bridgehead atoms. The molecule has 0 saturated heterocycles. The highest BCUT2D eigenvalue weighted by Crippen LogP contribution is 2.29. The molecular weight excluding hydrogens is 587 g/mol. The zero-order chi connectivity index (χ0) is 31.0. The van der Waals surface area contributed by atoms with Gasteiger partial charge in [-0.05, 0) is 0 Å². The van der Waals surface area contributed by atoms with E-state index in [9.17, 15) is 31.5 Å². The minimum atomic E-state index is -2.35. The van der Waals surface area contributed by atoms with Crippen LogP contribution in [0.1, 0.15) is 6.42 Å². The van der Waals surface area contributed by atoms with Crippen LogP contribution in [-0.2, 0) is 47.5 Å². The van der Waals surface area contributed by atoms with Crippen molar-refractivity contribution in [1.82, 2.24) is 0 Å². The van der Waals surface area contributed by atoms with E-state index in [0.29, 0.717) is 59.5 Å².